The number of amides is 3. The van der Waals surface area contributed by atoms with Crippen LogP contribution in [0.1, 0.15) is 41.1 Å². The van der Waals surface area contributed by atoms with Gasteiger partial charge in [0.1, 0.15) is 0 Å². The van der Waals surface area contributed by atoms with Gasteiger partial charge >= 0.3 is 0 Å². The van der Waals surface area contributed by atoms with Crippen LogP contribution in [0, 0.1) is 24.2 Å². The standard InChI is InChI=1S/C26H24F2N4O3S/c1-13-4-7-30-20(17(13)22(33)31-9-6-26(27,28)12-31)15-5-8-29-16-10-14(36-21(15)16)11-32-23(34)18-19(24(32)35)25(18,2)3/h4-5,7-8,10,18-19H,6,9,11-12H2,1-3H3. The van der Waals surface area contributed by atoms with Gasteiger partial charge in [-0.3, -0.25) is 29.3 Å². The summed E-state index contributed by atoms with van der Waals surface area (Å²) in [4.78, 5) is 51.2. The lowest BCUT2D eigenvalue weighted by Crippen LogP contribution is -2.35. The second-order valence-electron chi connectivity index (χ2n) is 10.5. The van der Waals surface area contributed by atoms with Crippen LogP contribution in [-0.4, -0.2) is 56.5 Å². The number of rotatable bonds is 4. The molecule has 1 saturated carbocycles. The van der Waals surface area contributed by atoms with Crippen molar-refractivity contribution in [2.24, 2.45) is 17.3 Å². The van der Waals surface area contributed by atoms with Crippen LogP contribution in [0.25, 0.3) is 21.5 Å². The summed E-state index contributed by atoms with van der Waals surface area (Å²) in [5, 5.41) is 0. The molecule has 186 valence electrons. The Morgan fingerprint density at radius 1 is 1.14 bits per heavy atom. The summed E-state index contributed by atoms with van der Waals surface area (Å²) < 4.78 is 28.4. The number of alkyl halides is 2. The first kappa shape index (κ1) is 23.1. The normalized spacial score (nSPS) is 24.0. The zero-order valence-electron chi connectivity index (χ0n) is 20.0. The number of aromatic nitrogens is 2. The first-order valence-electron chi connectivity index (χ1n) is 11.9. The van der Waals surface area contributed by atoms with E-state index in [1.54, 1.807) is 31.5 Å². The van der Waals surface area contributed by atoms with Gasteiger partial charge in [-0.15, -0.1) is 11.3 Å². The van der Waals surface area contributed by atoms with E-state index in [1.165, 1.54) is 21.1 Å². The molecule has 5 heterocycles. The summed E-state index contributed by atoms with van der Waals surface area (Å²) in [7, 11) is 0. The molecule has 0 spiro atoms. The van der Waals surface area contributed by atoms with Crippen molar-refractivity contribution in [3.8, 4) is 11.3 Å². The maximum Gasteiger partial charge on any atom is 0.267 e. The largest absolute Gasteiger partial charge is 0.332 e. The van der Waals surface area contributed by atoms with E-state index >= 15 is 0 Å². The number of aryl methyl sites for hydroxylation is 1. The fraction of sp³-hybridized carbons (Fsp3) is 0.423. The summed E-state index contributed by atoms with van der Waals surface area (Å²) in [6.07, 6.45) is 2.85. The average molecular weight is 511 g/mol. The molecule has 0 aromatic carbocycles. The molecule has 2 unspecified atom stereocenters. The van der Waals surface area contributed by atoms with Gasteiger partial charge in [0.25, 0.3) is 11.8 Å². The minimum absolute atomic E-state index is 0.00873. The van der Waals surface area contributed by atoms with Crippen molar-refractivity contribution in [2.75, 3.05) is 13.1 Å². The third kappa shape index (κ3) is 3.37. The van der Waals surface area contributed by atoms with Crippen LogP contribution in [0.3, 0.4) is 0 Å². The number of carbonyl (C=O) groups excluding carboxylic acids is 3. The summed E-state index contributed by atoms with van der Waals surface area (Å²) in [5.74, 6) is -4.09. The molecule has 2 atom stereocenters. The SMILES string of the molecule is Cc1ccnc(-c2ccnc3cc(CN4C(=O)C5C(C4=O)C5(C)C)sc23)c1C(=O)N1CCC(F)(F)C1. The number of hydrogen-bond donors (Lipinski definition) is 0. The third-order valence-corrected chi connectivity index (χ3v) is 8.90. The minimum Gasteiger partial charge on any atom is -0.332 e. The first-order valence-corrected chi connectivity index (χ1v) is 12.7. The van der Waals surface area contributed by atoms with Crippen molar-refractivity contribution < 1.29 is 23.2 Å². The Balaban J connectivity index is 1.36. The summed E-state index contributed by atoms with van der Waals surface area (Å²) in [6.45, 7) is 5.22. The van der Waals surface area contributed by atoms with Crippen LogP contribution in [0.5, 0.6) is 0 Å². The van der Waals surface area contributed by atoms with Crippen molar-refractivity contribution in [1.29, 1.82) is 0 Å². The molecule has 6 rings (SSSR count). The summed E-state index contributed by atoms with van der Waals surface area (Å²) >= 11 is 1.39. The number of carbonyl (C=O) groups is 3. The molecule has 7 nitrogen and oxygen atoms in total. The summed E-state index contributed by atoms with van der Waals surface area (Å²) in [5.41, 5.74) is 2.41. The Morgan fingerprint density at radius 3 is 2.50 bits per heavy atom. The summed E-state index contributed by atoms with van der Waals surface area (Å²) in [6, 6.07) is 5.29. The lowest BCUT2D eigenvalue weighted by Gasteiger charge is -2.19. The maximum atomic E-state index is 13.8. The van der Waals surface area contributed by atoms with E-state index in [1.807, 2.05) is 19.9 Å². The molecule has 36 heavy (non-hydrogen) atoms. The Kier molecular flexibility index (Phi) is 4.90. The van der Waals surface area contributed by atoms with Gasteiger partial charge in [0.15, 0.2) is 0 Å². The molecule has 0 bridgehead atoms. The highest BCUT2D eigenvalue weighted by Crippen LogP contribution is 2.63. The Hall–Kier alpha value is -3.27. The van der Waals surface area contributed by atoms with E-state index in [2.05, 4.69) is 9.97 Å². The lowest BCUT2D eigenvalue weighted by atomic mass is 10.0. The maximum absolute atomic E-state index is 13.8. The highest BCUT2D eigenvalue weighted by Gasteiger charge is 2.72. The molecular weight excluding hydrogens is 486 g/mol. The fourth-order valence-electron chi connectivity index (χ4n) is 5.67. The van der Waals surface area contributed by atoms with Crippen LogP contribution in [0.2, 0.25) is 0 Å². The van der Waals surface area contributed by atoms with Crippen molar-refractivity contribution in [3.05, 3.63) is 46.6 Å². The number of hydrogen-bond acceptors (Lipinski definition) is 6. The number of imide groups is 1. The van der Waals surface area contributed by atoms with Gasteiger partial charge < -0.3 is 4.90 Å². The minimum atomic E-state index is -2.89. The molecular formula is C26H24F2N4O3S. The van der Waals surface area contributed by atoms with Crippen molar-refractivity contribution in [2.45, 2.75) is 39.7 Å². The Morgan fingerprint density at radius 2 is 1.83 bits per heavy atom. The molecule has 2 aliphatic heterocycles. The third-order valence-electron chi connectivity index (χ3n) is 7.75. The van der Waals surface area contributed by atoms with Gasteiger partial charge in [-0.2, -0.15) is 0 Å². The lowest BCUT2D eigenvalue weighted by molar-refractivity contribution is -0.143. The molecule has 2 saturated heterocycles. The number of piperidine rings is 1. The topological polar surface area (TPSA) is 83.5 Å². The van der Waals surface area contributed by atoms with E-state index < -0.39 is 18.4 Å². The van der Waals surface area contributed by atoms with Crippen LogP contribution in [0.4, 0.5) is 8.78 Å². The fourth-order valence-corrected chi connectivity index (χ4v) is 6.78. The predicted molar refractivity (Wildman–Crippen MR) is 129 cm³/mol. The van der Waals surface area contributed by atoms with Gasteiger partial charge in [0.05, 0.1) is 46.4 Å². The smallest absolute Gasteiger partial charge is 0.267 e. The van der Waals surface area contributed by atoms with Gasteiger partial charge in [-0.1, -0.05) is 13.8 Å². The van der Waals surface area contributed by atoms with Gasteiger partial charge in [-0.05, 0) is 36.1 Å². The molecule has 3 aliphatic rings. The second-order valence-corrected chi connectivity index (χ2v) is 11.6. The van der Waals surface area contributed by atoms with Gasteiger partial charge in [-0.25, -0.2) is 8.78 Å². The molecule has 0 radical (unpaired) electrons. The number of thiophene rings is 1. The molecule has 3 aromatic rings. The molecule has 3 fully saturated rings. The predicted octanol–water partition coefficient (Wildman–Crippen LogP) is 4.29. The Labute approximate surface area is 210 Å². The monoisotopic (exact) mass is 510 g/mol. The van der Waals surface area contributed by atoms with Crippen LogP contribution in [0.15, 0.2) is 30.6 Å². The second kappa shape index (κ2) is 7.61. The highest BCUT2D eigenvalue weighted by atomic mass is 32.1. The van der Waals surface area contributed by atoms with E-state index in [0.717, 1.165) is 9.58 Å². The average Bonchev–Trinajstić information content (AvgIpc) is 3.15. The zero-order valence-corrected chi connectivity index (χ0v) is 20.9. The number of likely N-dealkylation sites (tertiary alicyclic amines) is 2. The van der Waals surface area contributed by atoms with Crippen LogP contribution in [-0.2, 0) is 16.1 Å². The van der Waals surface area contributed by atoms with Crippen molar-refractivity contribution >= 4 is 39.3 Å². The molecule has 10 heteroatoms. The quantitative estimate of drug-likeness (QED) is 0.489. The van der Waals surface area contributed by atoms with Crippen LogP contribution >= 0.6 is 11.3 Å². The van der Waals surface area contributed by atoms with E-state index in [0.29, 0.717) is 27.9 Å². The highest BCUT2D eigenvalue weighted by molar-refractivity contribution is 7.19. The van der Waals surface area contributed by atoms with E-state index in [9.17, 15) is 23.2 Å². The van der Waals surface area contributed by atoms with Gasteiger partial charge in [0, 0.05) is 35.8 Å². The van der Waals surface area contributed by atoms with Crippen molar-refractivity contribution in [3.63, 3.8) is 0 Å². The van der Waals surface area contributed by atoms with Crippen molar-refractivity contribution in [1.82, 2.24) is 19.8 Å². The number of fused-ring (bicyclic) bond motifs is 2. The zero-order chi connectivity index (χ0) is 25.6. The first-order chi connectivity index (χ1) is 17.0. The number of nitrogens with zero attached hydrogens (tertiary/aromatic N) is 4. The van der Waals surface area contributed by atoms with Crippen LogP contribution < -0.4 is 0 Å². The molecule has 3 amide bonds. The molecule has 1 aliphatic carbocycles. The number of halogens is 2. The van der Waals surface area contributed by atoms with E-state index in [4.69, 9.17) is 0 Å². The molecule has 0 N–H and O–H groups in total. The Bertz CT molecular complexity index is 1440. The van der Waals surface area contributed by atoms with Gasteiger partial charge in [0.2, 0.25) is 11.8 Å². The van der Waals surface area contributed by atoms with E-state index in [-0.39, 0.29) is 48.6 Å². The number of pyridine rings is 2. The molecule has 3 aromatic heterocycles.